The molecule has 0 bridgehead atoms. The summed E-state index contributed by atoms with van der Waals surface area (Å²) >= 11 is 0. The van der Waals surface area contributed by atoms with Crippen molar-refractivity contribution in [3.05, 3.63) is 17.7 Å². The van der Waals surface area contributed by atoms with E-state index in [-0.39, 0.29) is 32.5 Å². The first kappa shape index (κ1) is 14.4. The molecule has 0 amide bonds. The predicted octanol–water partition coefficient (Wildman–Crippen LogP) is 2.19. The number of piperidine rings is 1. The van der Waals surface area contributed by atoms with E-state index in [1.54, 1.807) is 0 Å². The number of ether oxygens (including phenoxy) is 1. The minimum Gasteiger partial charge on any atom is -0.484 e. The van der Waals surface area contributed by atoms with Crippen molar-refractivity contribution in [2.45, 2.75) is 37.7 Å². The summed E-state index contributed by atoms with van der Waals surface area (Å²) in [5, 5.41) is 9.39. The molecule has 1 aromatic carbocycles. The fourth-order valence-electron chi connectivity index (χ4n) is 3.01. The van der Waals surface area contributed by atoms with Crippen molar-refractivity contribution in [3.8, 4) is 5.75 Å². The van der Waals surface area contributed by atoms with Crippen molar-refractivity contribution in [1.82, 2.24) is 0 Å². The Labute approximate surface area is 122 Å². The van der Waals surface area contributed by atoms with Gasteiger partial charge in [0.25, 0.3) is 5.92 Å². The van der Waals surface area contributed by atoms with Crippen LogP contribution in [0, 0.1) is 0 Å². The summed E-state index contributed by atoms with van der Waals surface area (Å²) in [5.41, 5.74) is 7.72. The molecule has 0 aromatic heterocycles. The molecule has 1 unspecified atom stereocenters. The number of rotatable bonds is 2. The first-order valence-corrected chi connectivity index (χ1v) is 7.17. The average molecular weight is 298 g/mol. The van der Waals surface area contributed by atoms with E-state index in [1.807, 2.05) is 24.0 Å². The summed E-state index contributed by atoms with van der Waals surface area (Å²) in [4.78, 5) is 1.88. The van der Waals surface area contributed by atoms with Crippen molar-refractivity contribution >= 4 is 11.4 Å². The highest BCUT2D eigenvalue weighted by atomic mass is 19.3. The Morgan fingerprint density at radius 3 is 2.62 bits per heavy atom. The second kappa shape index (κ2) is 4.73. The minimum absolute atomic E-state index is 0.0765. The first-order chi connectivity index (χ1) is 9.82. The van der Waals surface area contributed by atoms with E-state index in [0.29, 0.717) is 17.9 Å². The van der Waals surface area contributed by atoms with E-state index < -0.39 is 11.5 Å². The third-order valence-electron chi connectivity index (χ3n) is 4.30. The van der Waals surface area contributed by atoms with Crippen LogP contribution in [0.15, 0.2) is 12.1 Å². The number of aliphatic hydroxyl groups excluding tert-OH is 1. The zero-order chi connectivity index (χ0) is 15.3. The monoisotopic (exact) mass is 298 g/mol. The van der Waals surface area contributed by atoms with Crippen LogP contribution in [0.3, 0.4) is 0 Å². The number of halogens is 2. The molecule has 1 saturated heterocycles. The predicted molar refractivity (Wildman–Crippen MR) is 77.1 cm³/mol. The van der Waals surface area contributed by atoms with E-state index in [1.165, 1.54) is 0 Å². The fourth-order valence-corrected chi connectivity index (χ4v) is 3.01. The van der Waals surface area contributed by atoms with E-state index >= 15 is 0 Å². The van der Waals surface area contributed by atoms with Gasteiger partial charge in [0.1, 0.15) is 11.4 Å². The highest BCUT2D eigenvalue weighted by Gasteiger charge is 2.37. The number of nitrogens with zero attached hydrogens (tertiary/aromatic N) is 1. The zero-order valence-electron chi connectivity index (χ0n) is 12.0. The standard InChI is InChI=1S/C15H20F2N2O2/c1-14(9-20)8-10-6-11(18)12(7-13(10)21-14)19-4-2-15(16,17)3-5-19/h6-7,20H,2-5,8-9,18H2,1H3. The van der Waals surface area contributed by atoms with Gasteiger partial charge in [-0.15, -0.1) is 0 Å². The lowest BCUT2D eigenvalue weighted by atomic mass is 9.99. The van der Waals surface area contributed by atoms with Gasteiger partial charge in [-0.25, -0.2) is 8.78 Å². The van der Waals surface area contributed by atoms with Crippen LogP contribution in [0.25, 0.3) is 0 Å². The molecular formula is C15H20F2N2O2. The second-order valence-corrected chi connectivity index (χ2v) is 6.25. The van der Waals surface area contributed by atoms with Gasteiger partial charge in [0.2, 0.25) is 0 Å². The lowest BCUT2D eigenvalue weighted by Gasteiger charge is -2.34. The SMILES string of the molecule is CC1(CO)Cc2cc(N)c(N3CCC(F)(F)CC3)cc2O1. The molecule has 6 heteroatoms. The molecule has 1 fully saturated rings. The van der Waals surface area contributed by atoms with Crippen molar-refractivity contribution in [2.24, 2.45) is 0 Å². The summed E-state index contributed by atoms with van der Waals surface area (Å²) in [6.07, 6.45) is 0.291. The van der Waals surface area contributed by atoms with Crippen molar-refractivity contribution < 1.29 is 18.6 Å². The van der Waals surface area contributed by atoms with Gasteiger partial charge in [-0.3, -0.25) is 0 Å². The van der Waals surface area contributed by atoms with Gasteiger partial charge in [0, 0.05) is 44.0 Å². The van der Waals surface area contributed by atoms with Crippen LogP contribution in [0.2, 0.25) is 0 Å². The Morgan fingerprint density at radius 2 is 2.00 bits per heavy atom. The van der Waals surface area contributed by atoms with Crippen molar-refractivity contribution in [2.75, 3.05) is 30.3 Å². The van der Waals surface area contributed by atoms with Gasteiger partial charge < -0.3 is 20.5 Å². The normalized spacial score (nSPS) is 27.3. The number of alkyl halides is 2. The van der Waals surface area contributed by atoms with Crippen LogP contribution in [0.1, 0.15) is 25.3 Å². The summed E-state index contributed by atoms with van der Waals surface area (Å²) in [6.45, 7) is 2.33. The van der Waals surface area contributed by atoms with Gasteiger partial charge in [-0.05, 0) is 13.0 Å². The molecule has 116 valence electrons. The zero-order valence-corrected chi connectivity index (χ0v) is 12.0. The summed E-state index contributed by atoms with van der Waals surface area (Å²) in [5.74, 6) is -1.89. The molecule has 4 nitrogen and oxygen atoms in total. The summed E-state index contributed by atoms with van der Waals surface area (Å²) in [7, 11) is 0. The van der Waals surface area contributed by atoms with E-state index in [0.717, 1.165) is 11.3 Å². The van der Waals surface area contributed by atoms with Gasteiger partial charge >= 0.3 is 0 Å². The van der Waals surface area contributed by atoms with E-state index in [4.69, 9.17) is 10.5 Å². The van der Waals surface area contributed by atoms with Crippen molar-refractivity contribution in [3.63, 3.8) is 0 Å². The molecule has 0 radical (unpaired) electrons. The molecule has 2 heterocycles. The second-order valence-electron chi connectivity index (χ2n) is 6.25. The third-order valence-corrected chi connectivity index (χ3v) is 4.30. The Bertz CT molecular complexity index is 555. The molecular weight excluding hydrogens is 278 g/mol. The highest BCUT2D eigenvalue weighted by Crippen LogP contribution is 2.42. The highest BCUT2D eigenvalue weighted by molar-refractivity contribution is 5.72. The summed E-state index contributed by atoms with van der Waals surface area (Å²) < 4.78 is 32.3. The fraction of sp³-hybridized carbons (Fsp3) is 0.600. The number of anilines is 2. The molecule has 2 aliphatic heterocycles. The van der Waals surface area contributed by atoms with E-state index in [9.17, 15) is 13.9 Å². The number of fused-ring (bicyclic) bond motifs is 1. The van der Waals surface area contributed by atoms with Crippen LogP contribution in [0.5, 0.6) is 5.75 Å². The molecule has 21 heavy (non-hydrogen) atoms. The molecule has 1 aromatic rings. The lowest BCUT2D eigenvalue weighted by molar-refractivity contribution is -0.0220. The van der Waals surface area contributed by atoms with Gasteiger partial charge in [-0.1, -0.05) is 0 Å². The average Bonchev–Trinajstić information content (AvgIpc) is 2.74. The number of hydrogen-bond acceptors (Lipinski definition) is 4. The van der Waals surface area contributed by atoms with Gasteiger partial charge in [-0.2, -0.15) is 0 Å². The van der Waals surface area contributed by atoms with Gasteiger partial charge in [0.05, 0.1) is 18.0 Å². The van der Waals surface area contributed by atoms with E-state index in [2.05, 4.69) is 0 Å². The number of aliphatic hydroxyl groups is 1. The number of benzene rings is 1. The maximum atomic E-state index is 13.3. The van der Waals surface area contributed by atoms with Crippen molar-refractivity contribution in [1.29, 1.82) is 0 Å². The topological polar surface area (TPSA) is 58.7 Å². The molecule has 0 spiro atoms. The Balaban J connectivity index is 1.85. The maximum Gasteiger partial charge on any atom is 0.251 e. The number of nitrogen functional groups attached to an aromatic ring is 1. The molecule has 3 rings (SSSR count). The third kappa shape index (κ3) is 2.64. The first-order valence-electron chi connectivity index (χ1n) is 7.17. The maximum absolute atomic E-state index is 13.3. The quantitative estimate of drug-likeness (QED) is 0.822. The number of nitrogens with two attached hydrogens (primary N) is 1. The van der Waals surface area contributed by atoms with Crippen LogP contribution in [0.4, 0.5) is 20.2 Å². The Morgan fingerprint density at radius 1 is 1.33 bits per heavy atom. The van der Waals surface area contributed by atoms with Crippen LogP contribution in [-0.2, 0) is 6.42 Å². The van der Waals surface area contributed by atoms with Crippen LogP contribution >= 0.6 is 0 Å². The minimum atomic E-state index is -2.58. The number of hydrogen-bond donors (Lipinski definition) is 2. The lowest BCUT2D eigenvalue weighted by Crippen LogP contribution is -2.39. The Hall–Kier alpha value is -1.56. The molecule has 1 atom stereocenters. The molecule has 0 saturated carbocycles. The van der Waals surface area contributed by atoms with Crippen LogP contribution in [-0.4, -0.2) is 36.3 Å². The smallest absolute Gasteiger partial charge is 0.251 e. The molecule has 0 aliphatic carbocycles. The largest absolute Gasteiger partial charge is 0.484 e. The Kier molecular flexibility index (Phi) is 3.24. The van der Waals surface area contributed by atoms with Gasteiger partial charge in [0.15, 0.2) is 0 Å². The molecule has 2 aliphatic rings. The summed E-state index contributed by atoms with van der Waals surface area (Å²) in [6, 6.07) is 3.65. The van der Waals surface area contributed by atoms with Crippen LogP contribution < -0.4 is 15.4 Å². The molecule has 3 N–H and O–H groups in total.